The number of ether oxygens (including phenoxy) is 1. The van der Waals surface area contributed by atoms with Crippen molar-refractivity contribution in [3.05, 3.63) is 58.9 Å². The van der Waals surface area contributed by atoms with Crippen LogP contribution in [0.1, 0.15) is 108 Å². The molecule has 1 aromatic carbocycles. The van der Waals surface area contributed by atoms with E-state index < -0.39 is 10.0 Å². The van der Waals surface area contributed by atoms with E-state index in [4.69, 9.17) is 16.3 Å². The molecule has 2 aromatic rings. The van der Waals surface area contributed by atoms with E-state index in [2.05, 4.69) is 18.4 Å². The van der Waals surface area contributed by atoms with Gasteiger partial charge < -0.3 is 4.74 Å². The van der Waals surface area contributed by atoms with Gasteiger partial charge in [0.1, 0.15) is 12.3 Å². The Morgan fingerprint density at radius 2 is 1.42 bits per heavy atom. The first-order valence-electron chi connectivity index (χ1n) is 14.7. The lowest BCUT2D eigenvalue weighted by molar-refractivity contribution is -0.697. The molecule has 0 fully saturated rings. The topological polar surface area (TPSA) is 50.5 Å². The van der Waals surface area contributed by atoms with Crippen molar-refractivity contribution >= 4 is 21.6 Å². The predicted molar refractivity (Wildman–Crippen MR) is 159 cm³/mol. The number of aryl methyl sites for hydroxylation is 1. The molecule has 0 N–H and O–H groups in total. The Hall–Kier alpha value is -1.63. The lowest BCUT2D eigenvalue weighted by Crippen LogP contribution is -2.35. The molecule has 0 aliphatic heterocycles. The first-order valence-corrected chi connectivity index (χ1v) is 16.9. The fourth-order valence-electron chi connectivity index (χ4n) is 4.65. The summed E-state index contributed by atoms with van der Waals surface area (Å²) in [6.07, 6.45) is 22.0. The van der Waals surface area contributed by atoms with Crippen LogP contribution in [0.2, 0.25) is 5.02 Å². The molecule has 0 bridgehead atoms. The number of halogens is 1. The van der Waals surface area contributed by atoms with Crippen LogP contribution in [-0.2, 0) is 29.7 Å². The Labute approximate surface area is 237 Å². The minimum absolute atomic E-state index is 0.264. The Morgan fingerprint density at radius 3 is 2.00 bits per heavy atom. The third-order valence-corrected chi connectivity index (χ3v) is 8.33. The van der Waals surface area contributed by atoms with Gasteiger partial charge in [-0.3, -0.25) is 0 Å². The van der Waals surface area contributed by atoms with Gasteiger partial charge in [-0.05, 0) is 30.2 Å². The molecule has 38 heavy (non-hydrogen) atoms. The summed E-state index contributed by atoms with van der Waals surface area (Å²) in [7, 11) is -3.40. The fraction of sp³-hybridized carbons (Fsp3) is 0.645. The molecule has 0 amide bonds. The van der Waals surface area contributed by atoms with Gasteiger partial charge in [-0.2, -0.15) is 4.31 Å². The molecular formula is C31H50ClN2O3S+. The van der Waals surface area contributed by atoms with Crippen LogP contribution in [0.3, 0.4) is 0 Å². The number of nitrogens with zero attached hydrogens (tertiary/aromatic N) is 2. The Balaban J connectivity index is 1.73. The second kappa shape index (κ2) is 18.6. The highest BCUT2D eigenvalue weighted by atomic mass is 35.5. The van der Waals surface area contributed by atoms with E-state index in [-0.39, 0.29) is 6.54 Å². The van der Waals surface area contributed by atoms with Gasteiger partial charge in [0.25, 0.3) is 0 Å². The summed E-state index contributed by atoms with van der Waals surface area (Å²) in [4.78, 5) is 0. The van der Waals surface area contributed by atoms with Crippen molar-refractivity contribution in [3.63, 3.8) is 0 Å². The van der Waals surface area contributed by atoms with E-state index in [1.54, 1.807) is 0 Å². The van der Waals surface area contributed by atoms with E-state index in [1.165, 1.54) is 81.2 Å². The zero-order valence-electron chi connectivity index (χ0n) is 24.0. The standard InChI is InChI=1S/C31H50ClN2O3S/c1-4-6-7-8-9-10-11-12-13-14-15-16-23-37-31-20-19-28(24-30(31)32)26-34(38(3,35)36)27-29-18-17-22-33(25-29)21-5-2/h17-20,22,24-25H,4-16,21,23,26-27H2,1-3H3/q+1. The highest BCUT2D eigenvalue weighted by Gasteiger charge is 2.19. The van der Waals surface area contributed by atoms with Crippen LogP contribution in [-0.4, -0.2) is 25.6 Å². The predicted octanol–water partition coefficient (Wildman–Crippen LogP) is 8.08. The molecule has 1 heterocycles. The summed E-state index contributed by atoms with van der Waals surface area (Å²) in [5.41, 5.74) is 1.80. The van der Waals surface area contributed by atoms with Gasteiger partial charge in [0.05, 0.1) is 17.9 Å². The molecule has 0 radical (unpaired) electrons. The molecule has 5 nitrogen and oxygen atoms in total. The van der Waals surface area contributed by atoms with E-state index in [9.17, 15) is 8.42 Å². The summed E-state index contributed by atoms with van der Waals surface area (Å²) >= 11 is 6.50. The zero-order valence-corrected chi connectivity index (χ0v) is 25.5. The maximum Gasteiger partial charge on any atom is 0.211 e. The van der Waals surface area contributed by atoms with E-state index >= 15 is 0 Å². The molecule has 0 aliphatic carbocycles. The summed E-state index contributed by atoms with van der Waals surface area (Å²) in [6.45, 7) is 6.53. The van der Waals surface area contributed by atoms with Gasteiger partial charge in [-0.25, -0.2) is 13.0 Å². The van der Waals surface area contributed by atoms with Crippen molar-refractivity contribution < 1.29 is 17.7 Å². The molecule has 214 valence electrons. The van der Waals surface area contributed by atoms with Gasteiger partial charge >= 0.3 is 0 Å². The third-order valence-electron chi connectivity index (χ3n) is 6.84. The van der Waals surface area contributed by atoms with Crippen molar-refractivity contribution in [1.29, 1.82) is 0 Å². The fourth-order valence-corrected chi connectivity index (χ4v) is 5.67. The Bertz CT molecular complexity index is 1030. The molecule has 0 atom stereocenters. The van der Waals surface area contributed by atoms with Crippen molar-refractivity contribution in [2.75, 3.05) is 12.9 Å². The third kappa shape index (κ3) is 13.4. The number of rotatable bonds is 21. The highest BCUT2D eigenvalue weighted by molar-refractivity contribution is 7.88. The number of pyridine rings is 1. The monoisotopic (exact) mass is 565 g/mol. The molecule has 0 aliphatic rings. The van der Waals surface area contributed by atoms with Crippen LogP contribution >= 0.6 is 11.6 Å². The van der Waals surface area contributed by atoms with Gasteiger partial charge in [-0.1, -0.05) is 102 Å². The van der Waals surface area contributed by atoms with Gasteiger partial charge in [0, 0.05) is 31.1 Å². The number of hydrogen-bond donors (Lipinski definition) is 0. The zero-order chi connectivity index (χ0) is 27.6. The lowest BCUT2D eigenvalue weighted by Gasteiger charge is -2.20. The van der Waals surface area contributed by atoms with Crippen LogP contribution in [0.5, 0.6) is 5.75 Å². The molecule has 0 saturated heterocycles. The van der Waals surface area contributed by atoms with Crippen LogP contribution in [0, 0.1) is 0 Å². The molecule has 7 heteroatoms. The van der Waals surface area contributed by atoms with Crippen molar-refractivity contribution in [3.8, 4) is 5.75 Å². The maximum absolute atomic E-state index is 12.5. The normalized spacial score (nSPS) is 11.8. The Kier molecular flexibility index (Phi) is 16.0. The van der Waals surface area contributed by atoms with Gasteiger partial charge in [0.15, 0.2) is 12.4 Å². The first-order chi connectivity index (χ1) is 18.3. The quantitative estimate of drug-likeness (QED) is 0.113. The van der Waals surface area contributed by atoms with Crippen LogP contribution in [0.15, 0.2) is 42.7 Å². The summed E-state index contributed by atoms with van der Waals surface area (Å²) in [5, 5.41) is 0.524. The Morgan fingerprint density at radius 1 is 0.816 bits per heavy atom. The molecular weight excluding hydrogens is 516 g/mol. The summed E-state index contributed by atoms with van der Waals surface area (Å²) < 4.78 is 34.5. The van der Waals surface area contributed by atoms with Crippen molar-refractivity contribution in [2.45, 2.75) is 117 Å². The second-order valence-electron chi connectivity index (χ2n) is 10.5. The molecule has 0 spiro atoms. The number of sulfonamides is 1. The van der Waals surface area contributed by atoms with E-state index in [0.717, 1.165) is 30.5 Å². The molecule has 0 unspecified atom stereocenters. The van der Waals surface area contributed by atoms with Crippen LogP contribution in [0.4, 0.5) is 0 Å². The average Bonchev–Trinajstić information content (AvgIpc) is 2.87. The van der Waals surface area contributed by atoms with E-state index in [1.807, 2.05) is 42.7 Å². The molecule has 0 saturated carbocycles. The highest BCUT2D eigenvalue weighted by Crippen LogP contribution is 2.27. The minimum Gasteiger partial charge on any atom is -0.492 e. The average molecular weight is 566 g/mol. The van der Waals surface area contributed by atoms with Crippen LogP contribution < -0.4 is 9.30 Å². The number of benzene rings is 1. The first kappa shape index (κ1) is 32.6. The largest absolute Gasteiger partial charge is 0.492 e. The summed E-state index contributed by atoms with van der Waals surface area (Å²) in [6, 6.07) is 9.51. The smallest absolute Gasteiger partial charge is 0.211 e. The number of hydrogen-bond acceptors (Lipinski definition) is 3. The number of aromatic nitrogens is 1. The van der Waals surface area contributed by atoms with Crippen molar-refractivity contribution in [1.82, 2.24) is 4.31 Å². The molecule has 2 rings (SSSR count). The van der Waals surface area contributed by atoms with Crippen molar-refractivity contribution in [2.24, 2.45) is 0 Å². The van der Waals surface area contributed by atoms with E-state index in [0.29, 0.717) is 23.9 Å². The minimum atomic E-state index is -3.40. The van der Waals surface area contributed by atoms with Gasteiger partial charge in [-0.15, -0.1) is 0 Å². The summed E-state index contributed by atoms with van der Waals surface area (Å²) in [5.74, 6) is 0.660. The second-order valence-corrected chi connectivity index (χ2v) is 12.9. The maximum atomic E-state index is 12.5. The van der Waals surface area contributed by atoms with Crippen LogP contribution in [0.25, 0.3) is 0 Å². The lowest BCUT2D eigenvalue weighted by atomic mass is 10.1. The number of unbranched alkanes of at least 4 members (excludes halogenated alkanes) is 11. The SMILES string of the molecule is CCCCCCCCCCCCCCOc1ccc(CN(Cc2ccc[n+](CCC)c2)S(C)(=O)=O)cc1Cl. The molecule has 1 aromatic heterocycles. The van der Waals surface area contributed by atoms with Gasteiger partial charge in [0.2, 0.25) is 10.0 Å².